The Bertz CT molecular complexity index is 1420. The molecule has 0 aliphatic heterocycles. The van der Waals surface area contributed by atoms with E-state index in [0.29, 0.717) is 42.6 Å². The Kier molecular flexibility index (Phi) is 6.18. The lowest BCUT2D eigenvalue weighted by Crippen LogP contribution is -2.34. The number of benzene rings is 4. The van der Waals surface area contributed by atoms with Crippen LogP contribution in [0.15, 0.2) is 84.9 Å². The second-order valence-electron chi connectivity index (χ2n) is 11.5. The molecule has 0 bridgehead atoms. The molecule has 0 unspecified atom stereocenters. The summed E-state index contributed by atoms with van der Waals surface area (Å²) in [6, 6.07) is 27.0. The molecule has 0 amide bonds. The Morgan fingerprint density at radius 3 is 1.13 bits per heavy atom. The van der Waals surface area contributed by atoms with Crippen LogP contribution in [-0.2, 0) is 0 Å². The van der Waals surface area contributed by atoms with Gasteiger partial charge >= 0.3 is 0 Å². The summed E-state index contributed by atoms with van der Waals surface area (Å²) in [5.41, 5.74) is 6.92. The van der Waals surface area contributed by atoms with Gasteiger partial charge in [-0.05, 0) is 36.4 Å². The van der Waals surface area contributed by atoms with E-state index in [1.165, 1.54) is 0 Å². The zero-order valence-electron chi connectivity index (χ0n) is 22.8. The summed E-state index contributed by atoms with van der Waals surface area (Å²) in [6.07, 6.45) is 0. The minimum atomic E-state index is -0.162. The van der Waals surface area contributed by atoms with Crippen LogP contribution in [0.3, 0.4) is 0 Å². The van der Waals surface area contributed by atoms with Crippen molar-refractivity contribution in [3.63, 3.8) is 0 Å². The number of carbonyl (C=O) groups excluding carboxylic acids is 2. The molecule has 0 saturated carbocycles. The van der Waals surface area contributed by atoms with Crippen molar-refractivity contribution in [3.05, 3.63) is 107 Å². The van der Waals surface area contributed by atoms with Gasteiger partial charge in [-0.15, -0.1) is 0 Å². The fourth-order valence-corrected chi connectivity index (χ4v) is 4.74. The van der Waals surface area contributed by atoms with E-state index in [4.69, 9.17) is 0 Å². The van der Waals surface area contributed by atoms with Crippen molar-refractivity contribution in [2.45, 2.75) is 0 Å². The Morgan fingerprint density at radius 1 is 0.474 bits per heavy atom. The molecule has 0 saturated heterocycles. The monoisotopic (exact) mass is 506 g/mol. The largest absolute Gasteiger partial charge is 0.355 e. The van der Waals surface area contributed by atoms with E-state index in [1.54, 1.807) is 12.1 Å². The van der Waals surface area contributed by atoms with Crippen molar-refractivity contribution in [1.29, 1.82) is 0 Å². The number of hydrogen-bond donors (Lipinski definition) is 2. The molecule has 0 spiro atoms. The highest BCUT2D eigenvalue weighted by atomic mass is 16.1. The average molecular weight is 507 g/mol. The van der Waals surface area contributed by atoms with Crippen LogP contribution in [-0.4, -0.2) is 53.9 Å². The van der Waals surface area contributed by atoms with Crippen LogP contribution in [0, 0.1) is 0 Å². The fourth-order valence-electron chi connectivity index (χ4n) is 4.74. The lowest BCUT2D eigenvalue weighted by molar-refractivity contribution is 0.0980. The summed E-state index contributed by atoms with van der Waals surface area (Å²) in [4.78, 5) is 27.6. The molecule has 6 heteroatoms. The van der Waals surface area contributed by atoms with Gasteiger partial charge in [-0.1, -0.05) is 24.3 Å². The molecule has 1 aliphatic carbocycles. The number of anilines is 4. The quantitative estimate of drug-likeness (QED) is 0.264. The molecular weight excluding hydrogens is 472 g/mol. The predicted octanol–water partition coefficient (Wildman–Crippen LogP) is 6.34. The second kappa shape index (κ2) is 9.24. The van der Waals surface area contributed by atoms with E-state index in [9.17, 15) is 9.59 Å². The lowest BCUT2D eigenvalue weighted by Gasteiger charge is -2.25. The van der Waals surface area contributed by atoms with E-state index in [1.807, 2.05) is 48.5 Å². The van der Waals surface area contributed by atoms with Crippen molar-refractivity contribution >= 4 is 45.7 Å². The Balaban J connectivity index is 1.48. The van der Waals surface area contributed by atoms with E-state index in [0.717, 1.165) is 22.7 Å². The van der Waals surface area contributed by atoms with Gasteiger partial charge in [0.2, 0.25) is 0 Å². The maximum atomic E-state index is 13.8. The average Bonchev–Trinajstić information content (AvgIpc) is 2.87. The van der Waals surface area contributed by atoms with E-state index < -0.39 is 0 Å². The first-order valence-corrected chi connectivity index (χ1v) is 12.7. The molecule has 1 aliphatic rings. The van der Waals surface area contributed by atoms with Gasteiger partial charge in [0.1, 0.15) is 11.4 Å². The van der Waals surface area contributed by atoms with Crippen LogP contribution in [0.5, 0.6) is 0 Å². The van der Waals surface area contributed by atoms with Gasteiger partial charge in [-0.25, -0.2) is 0 Å². The minimum absolute atomic E-state index is 0.162. The third-order valence-corrected chi connectivity index (χ3v) is 6.91. The summed E-state index contributed by atoms with van der Waals surface area (Å²) < 4.78 is 1.42. The standard InChI is InChI=1S/C32H32N4O2/c1-35(2,3)23-17-13-21(14-18-23)33-27-11-7-9-25-29(27)31(37)26-10-8-12-28(30(26)32(25)38)34-22-15-19-24(20-16-22)36(4,5)6/h7-20H,1-6H3/p+2. The molecule has 0 radical (unpaired) electrons. The van der Waals surface area contributed by atoms with Gasteiger partial charge in [0.25, 0.3) is 0 Å². The predicted molar refractivity (Wildman–Crippen MR) is 158 cm³/mol. The van der Waals surface area contributed by atoms with Gasteiger partial charge in [0.15, 0.2) is 11.6 Å². The maximum absolute atomic E-state index is 13.8. The zero-order chi connectivity index (χ0) is 27.2. The summed E-state index contributed by atoms with van der Waals surface area (Å²) in [5, 5.41) is 6.73. The SMILES string of the molecule is C[N+](C)(C)c1ccc(Nc2cccc3c2C(=O)c2cccc(Nc4ccc([N+](C)(C)C)cc4)c2C3=O)cc1. The molecule has 5 rings (SSSR count). The number of rotatable bonds is 6. The van der Waals surface area contributed by atoms with Gasteiger partial charge in [0.05, 0.1) is 64.8 Å². The Labute approximate surface area is 224 Å². The summed E-state index contributed by atoms with van der Waals surface area (Å²) in [7, 11) is 12.7. The number of nitrogens with zero attached hydrogens (tertiary/aromatic N) is 2. The van der Waals surface area contributed by atoms with Crippen LogP contribution >= 0.6 is 0 Å². The molecule has 192 valence electrons. The van der Waals surface area contributed by atoms with Crippen LogP contribution in [0.4, 0.5) is 34.1 Å². The minimum Gasteiger partial charge on any atom is -0.355 e. The molecular formula is C32H34N4O2+2. The van der Waals surface area contributed by atoms with Crippen LogP contribution < -0.4 is 19.6 Å². The normalized spacial score (nSPS) is 13.1. The van der Waals surface area contributed by atoms with Crippen LogP contribution in [0.2, 0.25) is 0 Å². The van der Waals surface area contributed by atoms with Gasteiger partial charge in [0, 0.05) is 46.8 Å². The lowest BCUT2D eigenvalue weighted by atomic mass is 9.82. The van der Waals surface area contributed by atoms with Crippen molar-refractivity contribution in [1.82, 2.24) is 8.97 Å². The molecule has 0 aromatic heterocycles. The van der Waals surface area contributed by atoms with Crippen LogP contribution in [0.25, 0.3) is 0 Å². The highest BCUT2D eigenvalue weighted by Gasteiger charge is 2.33. The van der Waals surface area contributed by atoms with Crippen molar-refractivity contribution in [3.8, 4) is 0 Å². The van der Waals surface area contributed by atoms with E-state index in [2.05, 4.69) is 77.2 Å². The van der Waals surface area contributed by atoms with E-state index in [-0.39, 0.29) is 11.6 Å². The molecule has 0 atom stereocenters. The molecule has 4 aromatic carbocycles. The highest BCUT2D eigenvalue weighted by Crippen LogP contribution is 2.37. The molecule has 38 heavy (non-hydrogen) atoms. The van der Waals surface area contributed by atoms with Gasteiger partial charge < -0.3 is 10.6 Å². The topological polar surface area (TPSA) is 58.2 Å². The highest BCUT2D eigenvalue weighted by molar-refractivity contribution is 6.32. The molecule has 4 aromatic rings. The van der Waals surface area contributed by atoms with Crippen molar-refractivity contribution < 1.29 is 9.59 Å². The zero-order valence-corrected chi connectivity index (χ0v) is 22.8. The van der Waals surface area contributed by atoms with Gasteiger partial charge in [-0.3, -0.25) is 18.6 Å². The molecule has 6 nitrogen and oxygen atoms in total. The van der Waals surface area contributed by atoms with Crippen LogP contribution in [0.1, 0.15) is 31.8 Å². The number of carbonyl (C=O) groups is 2. The van der Waals surface area contributed by atoms with Crippen molar-refractivity contribution in [2.75, 3.05) is 52.9 Å². The number of hydrogen-bond acceptors (Lipinski definition) is 4. The van der Waals surface area contributed by atoms with Crippen molar-refractivity contribution in [2.24, 2.45) is 0 Å². The third-order valence-electron chi connectivity index (χ3n) is 6.91. The summed E-state index contributed by atoms with van der Waals surface area (Å²) in [6.45, 7) is 0. The number of fused-ring (bicyclic) bond motifs is 2. The first-order chi connectivity index (χ1) is 17.9. The molecule has 0 heterocycles. The first kappa shape index (κ1) is 25.4. The summed E-state index contributed by atoms with van der Waals surface area (Å²) in [5.74, 6) is -0.325. The first-order valence-electron chi connectivity index (χ1n) is 12.7. The Morgan fingerprint density at radius 2 is 0.816 bits per heavy atom. The fraction of sp³-hybridized carbons (Fsp3) is 0.188. The summed E-state index contributed by atoms with van der Waals surface area (Å²) >= 11 is 0. The van der Waals surface area contributed by atoms with Gasteiger partial charge in [-0.2, -0.15) is 0 Å². The third kappa shape index (κ3) is 4.72. The second-order valence-corrected chi connectivity index (χ2v) is 11.5. The van der Waals surface area contributed by atoms with E-state index >= 15 is 0 Å². The maximum Gasteiger partial charge on any atom is 0.196 e. The number of ketones is 2. The molecule has 2 N–H and O–H groups in total. The smallest absolute Gasteiger partial charge is 0.196 e. The number of quaternary nitrogens is 2. The number of nitrogens with one attached hydrogen (secondary N) is 2. The Hall–Kier alpha value is -4.26. The molecule has 0 fully saturated rings.